The van der Waals surface area contributed by atoms with Crippen LogP contribution in [0.15, 0.2) is 18.3 Å². The number of hydrogen-bond donors (Lipinski definition) is 1. The largest absolute Gasteiger partial charge is 0.456 e. The number of piperidine rings is 1. The summed E-state index contributed by atoms with van der Waals surface area (Å²) in [7, 11) is 0. The van der Waals surface area contributed by atoms with Crippen molar-refractivity contribution in [3.63, 3.8) is 0 Å². The number of nitrogens with zero attached hydrogens (tertiary/aromatic N) is 2. The number of ether oxygens (including phenoxy) is 1. The summed E-state index contributed by atoms with van der Waals surface area (Å²) in [4.78, 5) is 30.1. The number of primary amides is 1. The first-order valence-electron chi connectivity index (χ1n) is 7.85. The number of nitrogens with two attached hydrogens (primary N) is 1. The van der Waals surface area contributed by atoms with E-state index in [9.17, 15) is 9.59 Å². The van der Waals surface area contributed by atoms with E-state index in [1.807, 2.05) is 27.7 Å². The maximum atomic E-state index is 12.2. The smallest absolute Gasteiger partial charge is 0.338 e. The third kappa shape index (κ3) is 4.21. The van der Waals surface area contributed by atoms with Crippen LogP contribution in [0.4, 0.5) is 5.82 Å². The molecule has 23 heavy (non-hydrogen) atoms. The fraction of sp³-hybridized carbons (Fsp3) is 0.588. The van der Waals surface area contributed by atoms with E-state index in [2.05, 4.69) is 9.88 Å². The molecule has 2 N–H and O–H groups in total. The van der Waals surface area contributed by atoms with Gasteiger partial charge >= 0.3 is 5.97 Å². The molecule has 6 heteroatoms. The Labute approximate surface area is 137 Å². The van der Waals surface area contributed by atoms with Gasteiger partial charge in [-0.3, -0.25) is 4.79 Å². The van der Waals surface area contributed by atoms with Crippen LogP contribution in [0.3, 0.4) is 0 Å². The van der Waals surface area contributed by atoms with Crippen LogP contribution < -0.4 is 10.6 Å². The molecule has 126 valence electrons. The predicted molar refractivity (Wildman–Crippen MR) is 88.2 cm³/mol. The molecule has 1 aromatic heterocycles. The Morgan fingerprint density at radius 3 is 2.43 bits per heavy atom. The normalized spacial score (nSPS) is 17.7. The average molecular weight is 319 g/mol. The van der Waals surface area contributed by atoms with Crippen molar-refractivity contribution in [3.05, 3.63) is 23.9 Å². The molecule has 0 unspecified atom stereocenters. The van der Waals surface area contributed by atoms with Crippen molar-refractivity contribution in [2.75, 3.05) is 18.0 Å². The summed E-state index contributed by atoms with van der Waals surface area (Å²) in [5.74, 6) is 0.104. The number of amides is 1. The maximum Gasteiger partial charge on any atom is 0.338 e. The highest BCUT2D eigenvalue weighted by molar-refractivity contribution is 5.90. The van der Waals surface area contributed by atoms with E-state index in [0.29, 0.717) is 31.5 Å². The molecule has 6 nitrogen and oxygen atoms in total. The van der Waals surface area contributed by atoms with Crippen LogP contribution in [0.25, 0.3) is 0 Å². The van der Waals surface area contributed by atoms with Crippen molar-refractivity contribution in [1.82, 2.24) is 4.98 Å². The number of anilines is 1. The first-order chi connectivity index (χ1) is 10.6. The number of carbonyl (C=O) groups is 2. The third-order valence-corrected chi connectivity index (χ3v) is 4.17. The number of esters is 1. The monoisotopic (exact) mass is 319 g/mol. The van der Waals surface area contributed by atoms with Crippen LogP contribution in [0, 0.1) is 5.41 Å². The molecule has 1 aromatic rings. The van der Waals surface area contributed by atoms with Crippen LogP contribution >= 0.6 is 0 Å². The molecule has 2 heterocycles. The number of rotatable bonds is 3. The van der Waals surface area contributed by atoms with Gasteiger partial charge in [0, 0.05) is 24.7 Å². The zero-order chi connectivity index (χ0) is 17.3. The molecular formula is C17H25N3O3. The topological polar surface area (TPSA) is 85.5 Å². The van der Waals surface area contributed by atoms with Gasteiger partial charge in [0.05, 0.1) is 5.56 Å². The van der Waals surface area contributed by atoms with Gasteiger partial charge in [0.2, 0.25) is 5.91 Å². The van der Waals surface area contributed by atoms with Crippen LogP contribution in [0.1, 0.15) is 50.9 Å². The average Bonchev–Trinajstić information content (AvgIpc) is 2.46. The summed E-state index contributed by atoms with van der Waals surface area (Å²) in [6, 6.07) is 3.38. The Bertz CT molecular complexity index is 599. The van der Waals surface area contributed by atoms with Crippen LogP contribution in [-0.2, 0) is 9.53 Å². The number of aromatic nitrogens is 1. The fourth-order valence-electron chi connectivity index (χ4n) is 2.53. The molecular weight excluding hydrogens is 294 g/mol. The highest BCUT2D eigenvalue weighted by Crippen LogP contribution is 2.32. The molecule has 1 aliphatic heterocycles. The fourth-order valence-corrected chi connectivity index (χ4v) is 2.53. The summed E-state index contributed by atoms with van der Waals surface area (Å²) in [6.45, 7) is 8.78. The zero-order valence-corrected chi connectivity index (χ0v) is 14.3. The van der Waals surface area contributed by atoms with E-state index >= 15 is 0 Å². The molecule has 1 aliphatic rings. The van der Waals surface area contributed by atoms with Crippen LogP contribution in [0.5, 0.6) is 0 Å². The Balaban J connectivity index is 2.09. The summed E-state index contributed by atoms with van der Waals surface area (Å²) >= 11 is 0. The lowest BCUT2D eigenvalue weighted by Crippen LogP contribution is -2.45. The molecule has 0 aromatic carbocycles. The zero-order valence-electron chi connectivity index (χ0n) is 14.3. The van der Waals surface area contributed by atoms with E-state index in [1.54, 1.807) is 18.3 Å². The van der Waals surface area contributed by atoms with Gasteiger partial charge in [0.15, 0.2) is 0 Å². The minimum Gasteiger partial charge on any atom is -0.456 e. The van der Waals surface area contributed by atoms with Gasteiger partial charge < -0.3 is 15.4 Å². The van der Waals surface area contributed by atoms with Crippen molar-refractivity contribution in [2.45, 2.75) is 46.1 Å². The second-order valence-electron chi connectivity index (χ2n) is 7.32. The van der Waals surface area contributed by atoms with Crippen molar-refractivity contribution >= 4 is 17.7 Å². The summed E-state index contributed by atoms with van der Waals surface area (Å²) < 4.78 is 5.38. The van der Waals surface area contributed by atoms with Gasteiger partial charge in [-0.2, -0.15) is 0 Å². The molecule has 0 radical (unpaired) electrons. The standard InChI is InChI=1S/C17H25N3O3/c1-16(2,3)23-14(21)12-5-8-19-13(11-12)20-9-6-17(4,7-10-20)15(18)22/h5,8,11H,6-7,9-10H2,1-4H3,(H2,18,22). The number of hydrogen-bond acceptors (Lipinski definition) is 5. The van der Waals surface area contributed by atoms with Gasteiger partial charge in [0.25, 0.3) is 0 Å². The van der Waals surface area contributed by atoms with Crippen molar-refractivity contribution in [2.24, 2.45) is 11.1 Å². The lowest BCUT2D eigenvalue weighted by atomic mass is 9.80. The molecule has 0 aliphatic carbocycles. The van der Waals surface area contributed by atoms with E-state index in [1.165, 1.54) is 0 Å². The van der Waals surface area contributed by atoms with Gasteiger partial charge in [0.1, 0.15) is 11.4 Å². The molecule has 1 fully saturated rings. The van der Waals surface area contributed by atoms with E-state index in [0.717, 1.165) is 5.82 Å². The quantitative estimate of drug-likeness (QED) is 0.863. The molecule has 0 bridgehead atoms. The maximum absolute atomic E-state index is 12.2. The Morgan fingerprint density at radius 1 is 1.30 bits per heavy atom. The third-order valence-electron chi connectivity index (χ3n) is 4.17. The predicted octanol–water partition coefficient (Wildman–Crippen LogP) is 2.13. The lowest BCUT2D eigenvalue weighted by Gasteiger charge is -2.37. The van der Waals surface area contributed by atoms with Crippen molar-refractivity contribution in [3.8, 4) is 0 Å². The molecule has 1 amide bonds. The highest BCUT2D eigenvalue weighted by Gasteiger charge is 2.35. The van der Waals surface area contributed by atoms with Crippen LogP contribution in [0.2, 0.25) is 0 Å². The second kappa shape index (κ2) is 6.18. The van der Waals surface area contributed by atoms with Gasteiger partial charge in [-0.15, -0.1) is 0 Å². The molecule has 0 spiro atoms. The number of carbonyl (C=O) groups excluding carboxylic acids is 2. The SMILES string of the molecule is CC(C)(C)OC(=O)c1ccnc(N2CCC(C)(C(N)=O)CC2)c1. The minimum atomic E-state index is -0.533. The van der Waals surface area contributed by atoms with Gasteiger partial charge in [-0.25, -0.2) is 9.78 Å². The van der Waals surface area contributed by atoms with E-state index in [-0.39, 0.29) is 11.9 Å². The second-order valence-corrected chi connectivity index (χ2v) is 7.32. The van der Waals surface area contributed by atoms with Gasteiger partial charge in [-0.05, 0) is 45.7 Å². The molecule has 0 saturated carbocycles. The highest BCUT2D eigenvalue weighted by atomic mass is 16.6. The first kappa shape index (κ1) is 17.2. The van der Waals surface area contributed by atoms with E-state index < -0.39 is 11.0 Å². The van der Waals surface area contributed by atoms with Crippen molar-refractivity contribution in [1.29, 1.82) is 0 Å². The lowest BCUT2D eigenvalue weighted by molar-refractivity contribution is -0.127. The Hall–Kier alpha value is -2.11. The first-order valence-corrected chi connectivity index (χ1v) is 7.85. The van der Waals surface area contributed by atoms with Crippen molar-refractivity contribution < 1.29 is 14.3 Å². The van der Waals surface area contributed by atoms with E-state index in [4.69, 9.17) is 10.5 Å². The Morgan fingerprint density at radius 2 is 1.91 bits per heavy atom. The number of pyridine rings is 1. The Kier molecular flexibility index (Phi) is 4.63. The van der Waals surface area contributed by atoms with Gasteiger partial charge in [-0.1, -0.05) is 6.92 Å². The summed E-state index contributed by atoms with van der Waals surface area (Å²) in [5, 5.41) is 0. The summed E-state index contributed by atoms with van der Waals surface area (Å²) in [6.07, 6.45) is 2.97. The molecule has 1 saturated heterocycles. The molecule has 2 rings (SSSR count). The summed E-state index contributed by atoms with van der Waals surface area (Å²) in [5.41, 5.74) is 4.96. The minimum absolute atomic E-state index is 0.257. The van der Waals surface area contributed by atoms with Crippen LogP contribution in [-0.4, -0.2) is 35.6 Å². The molecule has 0 atom stereocenters.